The molecule has 0 radical (unpaired) electrons. The van der Waals surface area contributed by atoms with Gasteiger partial charge in [-0.25, -0.2) is 0 Å². The number of nitrogens with zero attached hydrogens (tertiary/aromatic N) is 3. The highest BCUT2D eigenvalue weighted by Crippen LogP contribution is 2.29. The average molecular weight is 583 g/mol. The first-order chi connectivity index (χ1) is 19.2. The van der Waals surface area contributed by atoms with Gasteiger partial charge in [0.15, 0.2) is 0 Å². The van der Waals surface area contributed by atoms with E-state index in [9.17, 15) is 19.2 Å². The first-order valence-corrected chi connectivity index (χ1v) is 15.2. The Hall–Kier alpha value is -2.04. The van der Waals surface area contributed by atoms with Gasteiger partial charge in [-0.15, -0.1) is 0 Å². The lowest BCUT2D eigenvalue weighted by molar-refractivity contribution is -0.147. The molecule has 8 unspecified atom stereocenters. The van der Waals surface area contributed by atoms with Gasteiger partial charge in [-0.2, -0.15) is 0 Å². The van der Waals surface area contributed by atoms with Crippen molar-refractivity contribution in [1.82, 2.24) is 20.0 Å². The highest BCUT2D eigenvalue weighted by molar-refractivity contribution is 5.90. The fourth-order valence-corrected chi connectivity index (χ4v) is 6.37. The summed E-state index contributed by atoms with van der Waals surface area (Å²) >= 11 is 0. The molecule has 0 aromatic heterocycles. The summed E-state index contributed by atoms with van der Waals surface area (Å²) in [6.07, 6.45) is 2.44. The molecule has 0 spiro atoms. The molecule has 41 heavy (non-hydrogen) atoms. The second-order valence-corrected chi connectivity index (χ2v) is 12.7. The largest absolute Gasteiger partial charge is 0.379 e. The zero-order valence-electron chi connectivity index (χ0n) is 27.7. The van der Waals surface area contributed by atoms with Crippen molar-refractivity contribution >= 4 is 24.0 Å². The van der Waals surface area contributed by atoms with Gasteiger partial charge < -0.3 is 29.4 Å². The Kier molecular flexibility index (Phi) is 15.5. The maximum Gasteiger partial charge on any atom is 0.245 e. The third kappa shape index (κ3) is 9.48. The molecule has 1 rings (SSSR count). The predicted molar refractivity (Wildman–Crippen MR) is 161 cm³/mol. The van der Waals surface area contributed by atoms with E-state index in [-0.39, 0.29) is 72.0 Å². The number of methoxy groups -OCH3 is 2. The van der Waals surface area contributed by atoms with Crippen LogP contribution in [0.5, 0.6) is 0 Å². The quantitative estimate of drug-likeness (QED) is 0.263. The van der Waals surface area contributed by atoms with Gasteiger partial charge in [-0.05, 0) is 44.7 Å². The molecule has 3 amide bonds. The normalized spacial score (nSPS) is 20.9. The van der Waals surface area contributed by atoms with Crippen LogP contribution in [-0.2, 0) is 28.7 Å². The van der Waals surface area contributed by atoms with Crippen LogP contribution in [-0.4, -0.2) is 117 Å². The fourth-order valence-electron chi connectivity index (χ4n) is 6.37. The lowest BCUT2D eigenvalue weighted by Gasteiger charge is -2.41. The number of aldehydes is 1. The van der Waals surface area contributed by atoms with E-state index in [4.69, 9.17) is 9.47 Å². The minimum absolute atomic E-state index is 0.0339. The van der Waals surface area contributed by atoms with Crippen molar-refractivity contribution < 1.29 is 28.7 Å². The molecule has 1 saturated heterocycles. The number of rotatable bonds is 17. The number of likely N-dealkylation sites (N-methyl/N-ethyl adjacent to an activating group) is 2. The van der Waals surface area contributed by atoms with E-state index in [1.54, 1.807) is 26.2 Å². The summed E-state index contributed by atoms with van der Waals surface area (Å²) in [5.74, 6) is -0.822. The number of hydrogen-bond acceptors (Lipinski definition) is 7. The molecular weight excluding hydrogens is 524 g/mol. The van der Waals surface area contributed by atoms with Crippen LogP contribution in [0.15, 0.2) is 0 Å². The summed E-state index contributed by atoms with van der Waals surface area (Å²) < 4.78 is 11.6. The average Bonchev–Trinajstić information content (AvgIpc) is 3.39. The molecule has 0 aliphatic carbocycles. The van der Waals surface area contributed by atoms with Crippen LogP contribution in [0.1, 0.15) is 74.1 Å². The summed E-state index contributed by atoms with van der Waals surface area (Å²) in [4.78, 5) is 57.8. The fraction of sp³-hybridized carbons (Fsp3) is 0.871. The molecule has 1 aliphatic heterocycles. The van der Waals surface area contributed by atoms with Crippen LogP contribution in [0.2, 0.25) is 0 Å². The first-order valence-electron chi connectivity index (χ1n) is 15.2. The Balaban J connectivity index is 3.24. The second-order valence-electron chi connectivity index (χ2n) is 12.7. The Morgan fingerprint density at radius 3 is 2.05 bits per heavy atom. The molecule has 1 N–H and O–H groups in total. The maximum atomic E-state index is 14.0. The molecule has 0 saturated carbocycles. The van der Waals surface area contributed by atoms with E-state index in [2.05, 4.69) is 19.2 Å². The van der Waals surface area contributed by atoms with Gasteiger partial charge in [-0.1, -0.05) is 54.9 Å². The third-order valence-electron chi connectivity index (χ3n) is 8.77. The van der Waals surface area contributed by atoms with Crippen molar-refractivity contribution in [2.24, 2.45) is 23.7 Å². The number of hydrogen-bond donors (Lipinski definition) is 1. The number of carbonyl (C=O) groups excluding carboxylic acids is 4. The van der Waals surface area contributed by atoms with E-state index in [1.807, 2.05) is 58.5 Å². The van der Waals surface area contributed by atoms with E-state index in [1.165, 1.54) is 0 Å². The predicted octanol–water partition coefficient (Wildman–Crippen LogP) is 2.83. The number of nitrogens with one attached hydrogen (secondary N) is 1. The first kappa shape index (κ1) is 37.0. The number of likely N-dealkylation sites (tertiary alicyclic amines) is 1. The molecule has 0 aromatic carbocycles. The Labute approximate surface area is 248 Å². The van der Waals surface area contributed by atoms with Crippen molar-refractivity contribution in [3.8, 4) is 0 Å². The summed E-state index contributed by atoms with van der Waals surface area (Å²) in [5, 5.41) is 3.02. The monoisotopic (exact) mass is 582 g/mol. The van der Waals surface area contributed by atoms with Crippen molar-refractivity contribution in [3.05, 3.63) is 0 Å². The van der Waals surface area contributed by atoms with Crippen molar-refractivity contribution in [3.63, 3.8) is 0 Å². The molecule has 1 heterocycles. The highest BCUT2D eigenvalue weighted by atomic mass is 16.5. The molecule has 10 nitrogen and oxygen atoms in total. The van der Waals surface area contributed by atoms with Gasteiger partial charge in [0.05, 0.1) is 36.8 Å². The third-order valence-corrected chi connectivity index (χ3v) is 8.77. The minimum atomic E-state index is -0.719. The number of carbonyl (C=O) groups is 4. The van der Waals surface area contributed by atoms with E-state index in [0.717, 1.165) is 25.5 Å². The molecule has 10 heteroatoms. The Morgan fingerprint density at radius 2 is 1.61 bits per heavy atom. The smallest absolute Gasteiger partial charge is 0.245 e. The van der Waals surface area contributed by atoms with Crippen molar-refractivity contribution in [2.45, 2.75) is 111 Å². The molecule has 0 aromatic rings. The number of amides is 3. The van der Waals surface area contributed by atoms with Crippen molar-refractivity contribution in [2.75, 3.05) is 41.9 Å². The maximum absolute atomic E-state index is 14.0. The second kappa shape index (κ2) is 17.2. The molecule has 8 atom stereocenters. The zero-order valence-corrected chi connectivity index (χ0v) is 27.7. The standard InChI is InChI=1S/C31H58N4O6/c1-13-21(6)28(34(10)31(39)26(19(2)3)32-30(38)27(20(4)5)33(8)9)24(40-11)17-25(37)35-16-14-15-23(35)29(41-12)22(7)18-36/h18-24,26-29H,13-17H2,1-12H3,(H,32,38). The minimum Gasteiger partial charge on any atom is -0.379 e. The molecule has 1 aliphatic rings. The SMILES string of the molecule is CCC(C)C(C(CC(=O)N1CCCC1C(OC)C(C)C=O)OC)N(C)C(=O)C(NC(=O)C(C(C)C)N(C)C)C(C)C. The van der Waals surface area contributed by atoms with Crippen LogP contribution in [0.25, 0.3) is 0 Å². The van der Waals surface area contributed by atoms with Crippen LogP contribution >= 0.6 is 0 Å². The van der Waals surface area contributed by atoms with Crippen LogP contribution < -0.4 is 5.32 Å². The van der Waals surface area contributed by atoms with Gasteiger partial charge in [0.1, 0.15) is 12.3 Å². The van der Waals surface area contributed by atoms with E-state index in [0.29, 0.717) is 6.54 Å². The van der Waals surface area contributed by atoms with E-state index < -0.39 is 12.1 Å². The Morgan fingerprint density at radius 1 is 1.00 bits per heavy atom. The van der Waals surface area contributed by atoms with Gasteiger partial charge in [0.25, 0.3) is 0 Å². The van der Waals surface area contributed by atoms with Crippen LogP contribution in [0, 0.1) is 23.7 Å². The molecular formula is C31H58N4O6. The van der Waals surface area contributed by atoms with Crippen LogP contribution in [0.4, 0.5) is 0 Å². The van der Waals surface area contributed by atoms with E-state index >= 15 is 0 Å². The lowest BCUT2D eigenvalue weighted by Crippen LogP contribution is -2.59. The Bertz CT molecular complexity index is 842. The van der Waals surface area contributed by atoms with Gasteiger partial charge >= 0.3 is 0 Å². The summed E-state index contributed by atoms with van der Waals surface area (Å²) in [5.41, 5.74) is 0. The van der Waals surface area contributed by atoms with Gasteiger partial charge in [-0.3, -0.25) is 19.3 Å². The molecule has 1 fully saturated rings. The zero-order chi connectivity index (χ0) is 31.6. The lowest BCUT2D eigenvalue weighted by atomic mass is 9.89. The topological polar surface area (TPSA) is 108 Å². The van der Waals surface area contributed by atoms with Crippen LogP contribution in [0.3, 0.4) is 0 Å². The van der Waals surface area contributed by atoms with Crippen molar-refractivity contribution in [1.29, 1.82) is 0 Å². The molecule has 0 bridgehead atoms. The summed E-state index contributed by atoms with van der Waals surface area (Å²) in [6.45, 7) is 14.3. The van der Waals surface area contributed by atoms with Gasteiger partial charge in [0.2, 0.25) is 17.7 Å². The summed E-state index contributed by atoms with van der Waals surface area (Å²) in [7, 11) is 8.62. The summed E-state index contributed by atoms with van der Waals surface area (Å²) in [6, 6.07) is -1.65. The highest BCUT2D eigenvalue weighted by Gasteiger charge is 2.42. The number of ether oxygens (including phenoxy) is 2. The van der Waals surface area contributed by atoms with Gasteiger partial charge in [0, 0.05) is 33.7 Å². The molecule has 238 valence electrons.